The molecule has 1 saturated carbocycles. The summed E-state index contributed by atoms with van der Waals surface area (Å²) in [5.41, 5.74) is 6.70. The highest BCUT2D eigenvalue weighted by Crippen LogP contribution is 2.33. The van der Waals surface area contributed by atoms with Crippen LogP contribution in [0.2, 0.25) is 0 Å². The summed E-state index contributed by atoms with van der Waals surface area (Å²) in [5.74, 6) is 0. The molecule has 0 unspecified atom stereocenters. The van der Waals surface area contributed by atoms with Crippen molar-refractivity contribution < 1.29 is 8.78 Å². The summed E-state index contributed by atoms with van der Waals surface area (Å²) in [6.07, 6.45) is 0.119. The predicted octanol–water partition coefficient (Wildman–Crippen LogP) is 2.49. The summed E-state index contributed by atoms with van der Waals surface area (Å²) in [6.45, 7) is 3.58. The quantitative estimate of drug-likeness (QED) is 0.854. The van der Waals surface area contributed by atoms with Gasteiger partial charge >= 0.3 is 0 Å². The Morgan fingerprint density at radius 1 is 1.11 bits per heavy atom. The molecule has 3 nitrogen and oxygen atoms in total. The topological polar surface area (TPSA) is 32.5 Å². The maximum atomic E-state index is 13.1. The minimum Gasteiger partial charge on any atom is -0.399 e. The lowest BCUT2D eigenvalue weighted by Crippen LogP contribution is -2.47. The molecular weight excluding hydrogens is 248 g/mol. The Balaban J connectivity index is 1.75. The van der Waals surface area contributed by atoms with Crippen LogP contribution in [-0.2, 0) is 0 Å². The lowest BCUT2D eigenvalue weighted by atomic mass is 10.1. The molecular formula is C14H19F2N3. The molecule has 1 heterocycles. The number of anilines is 2. The van der Waals surface area contributed by atoms with Crippen LogP contribution in [0.1, 0.15) is 24.8 Å². The van der Waals surface area contributed by atoms with Crippen molar-refractivity contribution in [3.63, 3.8) is 0 Å². The first-order chi connectivity index (χ1) is 9.15. The fourth-order valence-corrected chi connectivity index (χ4v) is 2.80. The Bertz CT molecular complexity index is 452. The molecule has 1 aliphatic heterocycles. The van der Waals surface area contributed by atoms with Crippen LogP contribution in [0.5, 0.6) is 0 Å². The molecule has 2 N–H and O–H groups in total. The zero-order chi connectivity index (χ0) is 13.4. The number of nitrogens with zero attached hydrogens (tertiary/aromatic N) is 2. The molecule has 5 heteroatoms. The monoisotopic (exact) mass is 267 g/mol. The van der Waals surface area contributed by atoms with E-state index in [4.69, 9.17) is 5.73 Å². The number of nitrogen functional groups attached to an aromatic ring is 1. The SMILES string of the molecule is Nc1ccc(N2CCN(C3CC3)CC2)c(C(F)F)c1. The van der Waals surface area contributed by atoms with E-state index in [1.165, 1.54) is 18.9 Å². The molecule has 0 spiro atoms. The maximum Gasteiger partial charge on any atom is 0.265 e. The van der Waals surface area contributed by atoms with Crippen molar-refractivity contribution in [3.05, 3.63) is 23.8 Å². The minimum atomic E-state index is -2.47. The van der Waals surface area contributed by atoms with Crippen molar-refractivity contribution in [2.45, 2.75) is 25.3 Å². The van der Waals surface area contributed by atoms with Gasteiger partial charge in [0.05, 0.1) is 0 Å². The second-order valence-corrected chi connectivity index (χ2v) is 5.37. The largest absolute Gasteiger partial charge is 0.399 e. The van der Waals surface area contributed by atoms with Crippen LogP contribution < -0.4 is 10.6 Å². The first-order valence-corrected chi connectivity index (χ1v) is 6.82. The fraction of sp³-hybridized carbons (Fsp3) is 0.571. The summed E-state index contributed by atoms with van der Waals surface area (Å²) in [4.78, 5) is 4.52. The van der Waals surface area contributed by atoms with Crippen molar-refractivity contribution in [3.8, 4) is 0 Å². The van der Waals surface area contributed by atoms with Crippen LogP contribution in [0.15, 0.2) is 18.2 Å². The van der Waals surface area contributed by atoms with Gasteiger partial charge in [-0.25, -0.2) is 8.78 Å². The van der Waals surface area contributed by atoms with E-state index >= 15 is 0 Å². The van der Waals surface area contributed by atoms with Gasteiger partial charge in [-0.1, -0.05) is 0 Å². The average Bonchev–Trinajstić information content (AvgIpc) is 3.23. The standard InChI is InChI=1S/C14H19F2N3/c15-14(16)12-9-10(17)1-4-13(12)19-7-5-18(6-8-19)11-2-3-11/h1,4,9,11,14H,2-3,5-8,17H2. The number of benzene rings is 1. The van der Waals surface area contributed by atoms with Crippen molar-refractivity contribution in [1.29, 1.82) is 0 Å². The van der Waals surface area contributed by atoms with Crippen LogP contribution in [0.4, 0.5) is 20.2 Å². The summed E-state index contributed by atoms with van der Waals surface area (Å²) in [5, 5.41) is 0. The first-order valence-electron chi connectivity index (χ1n) is 6.82. The number of hydrogen-bond donors (Lipinski definition) is 1. The highest BCUT2D eigenvalue weighted by atomic mass is 19.3. The third-order valence-corrected chi connectivity index (χ3v) is 4.00. The zero-order valence-electron chi connectivity index (χ0n) is 10.9. The van der Waals surface area contributed by atoms with Crippen molar-refractivity contribution >= 4 is 11.4 Å². The van der Waals surface area contributed by atoms with Gasteiger partial charge < -0.3 is 10.6 Å². The summed E-state index contributed by atoms with van der Waals surface area (Å²) in [7, 11) is 0. The van der Waals surface area contributed by atoms with E-state index in [0.717, 1.165) is 32.2 Å². The Hall–Kier alpha value is -1.36. The van der Waals surface area contributed by atoms with E-state index in [1.54, 1.807) is 12.1 Å². The molecule has 104 valence electrons. The van der Waals surface area contributed by atoms with Crippen LogP contribution in [-0.4, -0.2) is 37.1 Å². The van der Waals surface area contributed by atoms with Gasteiger partial charge in [-0.05, 0) is 31.0 Å². The second-order valence-electron chi connectivity index (χ2n) is 5.37. The fourth-order valence-electron chi connectivity index (χ4n) is 2.80. The number of alkyl halides is 2. The normalized spacial score (nSPS) is 21.1. The molecule has 1 saturated heterocycles. The summed E-state index contributed by atoms with van der Waals surface area (Å²) < 4.78 is 26.2. The lowest BCUT2D eigenvalue weighted by molar-refractivity contribution is 0.151. The molecule has 1 aromatic carbocycles. The van der Waals surface area contributed by atoms with Crippen molar-refractivity contribution in [2.75, 3.05) is 36.8 Å². The molecule has 0 amide bonds. The van der Waals surface area contributed by atoms with Crippen molar-refractivity contribution in [2.24, 2.45) is 0 Å². The zero-order valence-corrected chi connectivity index (χ0v) is 10.9. The third-order valence-electron chi connectivity index (χ3n) is 4.00. The van der Waals surface area contributed by atoms with E-state index in [2.05, 4.69) is 9.80 Å². The molecule has 0 bridgehead atoms. The Morgan fingerprint density at radius 3 is 2.37 bits per heavy atom. The summed E-state index contributed by atoms with van der Waals surface area (Å²) >= 11 is 0. The van der Waals surface area contributed by atoms with Gasteiger partial charge in [0.2, 0.25) is 0 Å². The molecule has 0 aromatic heterocycles. The van der Waals surface area contributed by atoms with E-state index < -0.39 is 6.43 Å². The van der Waals surface area contributed by atoms with Crippen LogP contribution in [0.25, 0.3) is 0 Å². The first kappa shape index (κ1) is 12.7. The Kier molecular flexibility index (Phi) is 3.31. The lowest BCUT2D eigenvalue weighted by Gasteiger charge is -2.37. The van der Waals surface area contributed by atoms with E-state index in [-0.39, 0.29) is 5.56 Å². The molecule has 2 fully saturated rings. The maximum absolute atomic E-state index is 13.1. The van der Waals surface area contributed by atoms with Crippen LogP contribution in [0, 0.1) is 0 Å². The number of hydrogen-bond acceptors (Lipinski definition) is 3. The number of piperazine rings is 1. The van der Waals surface area contributed by atoms with Gasteiger partial charge in [0.15, 0.2) is 0 Å². The smallest absolute Gasteiger partial charge is 0.265 e. The molecule has 1 aliphatic carbocycles. The highest BCUT2D eigenvalue weighted by molar-refractivity contribution is 5.60. The number of nitrogens with two attached hydrogens (primary N) is 1. The van der Waals surface area contributed by atoms with Gasteiger partial charge in [-0.2, -0.15) is 0 Å². The van der Waals surface area contributed by atoms with Crippen LogP contribution in [0.3, 0.4) is 0 Å². The molecule has 0 atom stereocenters. The van der Waals surface area contributed by atoms with Gasteiger partial charge in [0.1, 0.15) is 0 Å². The van der Waals surface area contributed by atoms with E-state index in [1.807, 2.05) is 0 Å². The van der Waals surface area contributed by atoms with E-state index in [9.17, 15) is 8.78 Å². The summed E-state index contributed by atoms with van der Waals surface area (Å²) in [6, 6.07) is 5.58. The van der Waals surface area contributed by atoms with Gasteiger partial charge in [0, 0.05) is 49.2 Å². The number of rotatable bonds is 3. The second kappa shape index (κ2) is 4.96. The molecule has 1 aromatic rings. The van der Waals surface area contributed by atoms with Gasteiger partial charge in [0.25, 0.3) is 6.43 Å². The average molecular weight is 267 g/mol. The minimum absolute atomic E-state index is 0.0554. The molecule has 3 rings (SSSR count). The predicted molar refractivity (Wildman–Crippen MR) is 72.6 cm³/mol. The van der Waals surface area contributed by atoms with Crippen molar-refractivity contribution in [1.82, 2.24) is 4.90 Å². The Labute approximate surface area is 112 Å². The van der Waals surface area contributed by atoms with Gasteiger partial charge in [-0.3, -0.25) is 4.90 Å². The number of halogens is 2. The van der Waals surface area contributed by atoms with Crippen LogP contribution >= 0.6 is 0 Å². The molecule has 19 heavy (non-hydrogen) atoms. The third kappa shape index (κ3) is 2.66. The molecule has 0 radical (unpaired) electrons. The van der Waals surface area contributed by atoms with Gasteiger partial charge in [-0.15, -0.1) is 0 Å². The molecule has 2 aliphatic rings. The van der Waals surface area contributed by atoms with E-state index in [0.29, 0.717) is 11.4 Å². The highest BCUT2D eigenvalue weighted by Gasteiger charge is 2.31. The Morgan fingerprint density at radius 2 is 1.79 bits per heavy atom.